The predicted octanol–water partition coefficient (Wildman–Crippen LogP) is 2.32. The summed E-state index contributed by atoms with van der Waals surface area (Å²) in [6.45, 7) is 0.668. The van der Waals surface area contributed by atoms with Crippen molar-refractivity contribution in [3.05, 3.63) is 47.3 Å². The first kappa shape index (κ1) is 16.1. The summed E-state index contributed by atoms with van der Waals surface area (Å²) in [5.41, 5.74) is 3.61. The van der Waals surface area contributed by atoms with E-state index in [1.165, 1.54) is 5.56 Å². The summed E-state index contributed by atoms with van der Waals surface area (Å²) in [6.07, 6.45) is 3.62. The summed E-state index contributed by atoms with van der Waals surface area (Å²) in [7, 11) is -2.99. The minimum atomic E-state index is -2.99. The molecule has 7 heteroatoms. The topological polar surface area (TPSA) is 72.3 Å². The molecule has 3 heterocycles. The smallest absolute Gasteiger partial charge is 0.278 e. The second kappa shape index (κ2) is 5.67. The minimum absolute atomic E-state index is 0.0866. The fraction of sp³-hybridized carbons (Fsp3) is 0.474. The molecule has 0 spiro atoms. The van der Waals surface area contributed by atoms with Crippen molar-refractivity contribution in [2.24, 2.45) is 0 Å². The number of carbonyl (C=O) groups is 1. The van der Waals surface area contributed by atoms with Gasteiger partial charge in [0.1, 0.15) is 0 Å². The summed E-state index contributed by atoms with van der Waals surface area (Å²) >= 11 is 0. The molecule has 3 aliphatic rings. The zero-order valence-corrected chi connectivity index (χ0v) is 15.3. The lowest BCUT2D eigenvalue weighted by Gasteiger charge is -2.16. The van der Waals surface area contributed by atoms with E-state index in [1.54, 1.807) is 4.90 Å². The van der Waals surface area contributed by atoms with Gasteiger partial charge in [0.2, 0.25) is 0 Å². The van der Waals surface area contributed by atoms with Crippen LogP contribution in [0.25, 0.3) is 0 Å². The van der Waals surface area contributed by atoms with Crippen molar-refractivity contribution < 1.29 is 13.2 Å². The maximum absolute atomic E-state index is 13.1. The molecule has 1 aromatic heterocycles. The van der Waals surface area contributed by atoms with Gasteiger partial charge in [-0.15, -0.1) is 0 Å². The highest BCUT2D eigenvalue weighted by molar-refractivity contribution is 7.91. The normalized spacial score (nSPS) is 24.0. The van der Waals surface area contributed by atoms with E-state index in [4.69, 9.17) is 0 Å². The minimum Gasteiger partial charge on any atom is -0.306 e. The van der Waals surface area contributed by atoms with Gasteiger partial charge in [0, 0.05) is 23.8 Å². The van der Waals surface area contributed by atoms with Crippen molar-refractivity contribution in [1.82, 2.24) is 9.78 Å². The highest BCUT2D eigenvalue weighted by Gasteiger charge is 2.37. The van der Waals surface area contributed by atoms with Gasteiger partial charge in [-0.2, -0.15) is 5.10 Å². The molecule has 26 heavy (non-hydrogen) atoms. The Morgan fingerprint density at radius 3 is 2.69 bits per heavy atom. The molecule has 136 valence electrons. The molecule has 2 aromatic rings. The fourth-order valence-corrected chi connectivity index (χ4v) is 5.84. The van der Waals surface area contributed by atoms with Crippen LogP contribution < -0.4 is 4.90 Å². The number of nitrogens with zero attached hydrogens (tertiary/aromatic N) is 3. The van der Waals surface area contributed by atoms with E-state index in [0.717, 1.165) is 30.6 Å². The van der Waals surface area contributed by atoms with Crippen LogP contribution in [0.1, 0.15) is 53.0 Å². The second-order valence-corrected chi connectivity index (χ2v) is 9.79. The standard InChI is InChI=1S/C19H21N3O3S/c23-19(21-9-7-13-3-1-2-4-17(13)21)16-11-18(14-5-6-14)22(20-16)15-8-10-26(24,25)12-15/h1-4,11,14-15H,5-10,12H2. The van der Waals surface area contributed by atoms with Gasteiger partial charge in [0.15, 0.2) is 15.5 Å². The van der Waals surface area contributed by atoms with Crippen molar-refractivity contribution in [2.75, 3.05) is 23.0 Å². The van der Waals surface area contributed by atoms with Crippen LogP contribution in [0.15, 0.2) is 30.3 Å². The molecule has 1 aliphatic carbocycles. The first-order valence-corrected chi connectivity index (χ1v) is 11.0. The summed E-state index contributed by atoms with van der Waals surface area (Å²) < 4.78 is 25.6. The Kier molecular flexibility index (Phi) is 3.50. The van der Waals surface area contributed by atoms with E-state index in [2.05, 4.69) is 11.2 Å². The number of benzene rings is 1. The van der Waals surface area contributed by atoms with Crippen LogP contribution in [0.2, 0.25) is 0 Å². The monoisotopic (exact) mass is 371 g/mol. The number of aromatic nitrogens is 2. The van der Waals surface area contributed by atoms with E-state index in [9.17, 15) is 13.2 Å². The molecule has 0 N–H and O–H groups in total. The molecule has 1 aromatic carbocycles. The molecule has 1 saturated heterocycles. The maximum Gasteiger partial charge on any atom is 0.278 e. The van der Waals surface area contributed by atoms with Crippen LogP contribution in [-0.4, -0.2) is 42.2 Å². The summed E-state index contributed by atoms with van der Waals surface area (Å²) in [5, 5.41) is 4.60. The number of fused-ring (bicyclic) bond motifs is 1. The lowest BCUT2D eigenvalue weighted by molar-refractivity contribution is 0.0983. The first-order valence-electron chi connectivity index (χ1n) is 9.21. The molecule has 1 atom stereocenters. The number of hydrogen-bond acceptors (Lipinski definition) is 4. The van der Waals surface area contributed by atoms with Gasteiger partial charge in [0.05, 0.1) is 17.5 Å². The Morgan fingerprint density at radius 1 is 1.15 bits per heavy atom. The quantitative estimate of drug-likeness (QED) is 0.830. The Bertz CT molecular complexity index is 991. The summed E-state index contributed by atoms with van der Waals surface area (Å²) in [5.74, 6) is 0.675. The third kappa shape index (κ3) is 2.65. The van der Waals surface area contributed by atoms with Gasteiger partial charge in [-0.05, 0) is 43.4 Å². The van der Waals surface area contributed by atoms with E-state index < -0.39 is 9.84 Å². The molecule has 6 nitrogen and oxygen atoms in total. The van der Waals surface area contributed by atoms with Crippen molar-refractivity contribution in [1.29, 1.82) is 0 Å². The number of carbonyl (C=O) groups excluding carboxylic acids is 1. The molecule has 1 unspecified atom stereocenters. The fourth-order valence-electron chi connectivity index (χ4n) is 4.15. The number of rotatable bonds is 3. The maximum atomic E-state index is 13.1. The van der Waals surface area contributed by atoms with Crippen LogP contribution >= 0.6 is 0 Å². The zero-order chi connectivity index (χ0) is 17.9. The molecule has 1 saturated carbocycles. The SMILES string of the molecule is O=C(c1cc(C2CC2)n(C2CCS(=O)(=O)C2)n1)N1CCc2ccccc21. The number of anilines is 1. The van der Waals surface area contributed by atoms with Gasteiger partial charge in [0.25, 0.3) is 5.91 Å². The van der Waals surface area contributed by atoms with E-state index >= 15 is 0 Å². The number of sulfone groups is 1. The van der Waals surface area contributed by atoms with Crippen LogP contribution in [0.3, 0.4) is 0 Å². The molecule has 2 aliphatic heterocycles. The van der Waals surface area contributed by atoms with E-state index in [0.29, 0.717) is 24.6 Å². The van der Waals surface area contributed by atoms with Crippen LogP contribution in [0.5, 0.6) is 0 Å². The summed E-state index contributed by atoms with van der Waals surface area (Å²) in [6, 6.07) is 9.73. The van der Waals surface area contributed by atoms with Crippen LogP contribution in [0, 0.1) is 0 Å². The van der Waals surface area contributed by atoms with Crippen molar-refractivity contribution in [3.63, 3.8) is 0 Å². The Balaban J connectivity index is 1.49. The number of para-hydroxylation sites is 1. The highest BCUT2D eigenvalue weighted by Crippen LogP contribution is 2.42. The average molecular weight is 371 g/mol. The zero-order valence-electron chi connectivity index (χ0n) is 14.5. The van der Waals surface area contributed by atoms with Gasteiger partial charge in [-0.3, -0.25) is 9.48 Å². The Labute approximate surface area is 152 Å². The van der Waals surface area contributed by atoms with Crippen LogP contribution in [0.4, 0.5) is 5.69 Å². The molecular formula is C19H21N3O3S. The first-order chi connectivity index (χ1) is 12.5. The lowest BCUT2D eigenvalue weighted by atomic mass is 10.2. The molecule has 5 rings (SSSR count). The Hall–Kier alpha value is -2.15. The third-order valence-electron chi connectivity index (χ3n) is 5.67. The lowest BCUT2D eigenvalue weighted by Crippen LogP contribution is -2.29. The Morgan fingerprint density at radius 2 is 1.96 bits per heavy atom. The largest absolute Gasteiger partial charge is 0.306 e. The molecule has 0 radical (unpaired) electrons. The van der Waals surface area contributed by atoms with Gasteiger partial charge in [-0.25, -0.2) is 8.42 Å². The predicted molar refractivity (Wildman–Crippen MR) is 98.3 cm³/mol. The van der Waals surface area contributed by atoms with E-state index in [1.807, 2.05) is 28.9 Å². The van der Waals surface area contributed by atoms with Crippen molar-refractivity contribution in [2.45, 2.75) is 37.6 Å². The summed E-state index contributed by atoms with van der Waals surface area (Å²) in [4.78, 5) is 14.9. The van der Waals surface area contributed by atoms with Gasteiger partial charge >= 0.3 is 0 Å². The molecule has 0 bridgehead atoms. The number of amides is 1. The molecule has 1 amide bonds. The second-order valence-electron chi connectivity index (χ2n) is 7.57. The van der Waals surface area contributed by atoms with Crippen molar-refractivity contribution >= 4 is 21.4 Å². The third-order valence-corrected chi connectivity index (χ3v) is 7.42. The molecule has 2 fully saturated rings. The number of hydrogen-bond donors (Lipinski definition) is 0. The van der Waals surface area contributed by atoms with Gasteiger partial charge < -0.3 is 4.90 Å². The van der Waals surface area contributed by atoms with Crippen molar-refractivity contribution in [3.8, 4) is 0 Å². The van der Waals surface area contributed by atoms with Gasteiger partial charge in [-0.1, -0.05) is 18.2 Å². The van der Waals surface area contributed by atoms with E-state index in [-0.39, 0.29) is 23.5 Å². The highest BCUT2D eigenvalue weighted by atomic mass is 32.2. The van der Waals surface area contributed by atoms with Crippen LogP contribution in [-0.2, 0) is 16.3 Å². The molecular weight excluding hydrogens is 350 g/mol. The average Bonchev–Trinajstić information content (AvgIpc) is 3.07.